The van der Waals surface area contributed by atoms with Crippen molar-refractivity contribution in [3.05, 3.63) is 71.5 Å². The first kappa shape index (κ1) is 18.2. The van der Waals surface area contributed by atoms with Crippen molar-refractivity contribution in [3.8, 4) is 6.07 Å². The predicted molar refractivity (Wildman–Crippen MR) is 99.6 cm³/mol. The molecule has 1 N–H and O–H groups in total. The molecule has 0 aliphatic rings. The number of sulfonamides is 1. The van der Waals surface area contributed by atoms with Crippen LogP contribution >= 0.6 is 23.4 Å². The number of benzene rings is 1. The summed E-state index contributed by atoms with van der Waals surface area (Å²) >= 11 is 7.18. The van der Waals surface area contributed by atoms with Gasteiger partial charge in [0.1, 0.15) is 21.0 Å². The number of hydrogen-bond donors (Lipinski definition) is 1. The van der Waals surface area contributed by atoms with E-state index >= 15 is 0 Å². The van der Waals surface area contributed by atoms with Crippen LogP contribution in [0.4, 0.5) is 5.69 Å². The van der Waals surface area contributed by atoms with E-state index in [1.165, 1.54) is 42.2 Å². The van der Waals surface area contributed by atoms with Crippen LogP contribution in [0.3, 0.4) is 0 Å². The lowest BCUT2D eigenvalue weighted by Gasteiger charge is -2.10. The minimum absolute atomic E-state index is 0.0130. The molecule has 6 nitrogen and oxygen atoms in total. The van der Waals surface area contributed by atoms with Gasteiger partial charge < -0.3 is 0 Å². The van der Waals surface area contributed by atoms with Crippen LogP contribution in [0.2, 0.25) is 5.02 Å². The number of nitrogens with zero attached hydrogens (tertiary/aromatic N) is 3. The minimum Gasteiger partial charge on any atom is -0.279 e. The molecule has 2 aromatic heterocycles. The van der Waals surface area contributed by atoms with Gasteiger partial charge in [-0.15, -0.1) is 0 Å². The van der Waals surface area contributed by atoms with E-state index in [0.717, 1.165) is 5.03 Å². The van der Waals surface area contributed by atoms with Crippen LogP contribution in [0.1, 0.15) is 5.56 Å². The second-order valence-corrected chi connectivity index (χ2v) is 8.14. The van der Waals surface area contributed by atoms with Gasteiger partial charge >= 0.3 is 0 Å². The summed E-state index contributed by atoms with van der Waals surface area (Å²) in [6, 6.07) is 14.5. The number of nitriles is 1. The molecule has 0 amide bonds. The summed E-state index contributed by atoms with van der Waals surface area (Å²) in [5, 5.41) is 10.7. The fourth-order valence-corrected chi connectivity index (χ4v) is 4.31. The van der Waals surface area contributed by atoms with E-state index in [-0.39, 0.29) is 15.5 Å². The number of anilines is 1. The molecule has 0 saturated heterocycles. The summed E-state index contributed by atoms with van der Waals surface area (Å²) in [6.07, 6.45) is 3.16. The van der Waals surface area contributed by atoms with E-state index in [0.29, 0.717) is 10.7 Å². The van der Waals surface area contributed by atoms with Crippen LogP contribution in [0.15, 0.2) is 75.9 Å². The number of pyridine rings is 2. The maximum absolute atomic E-state index is 12.6. The Balaban J connectivity index is 1.88. The van der Waals surface area contributed by atoms with Crippen LogP contribution in [0.25, 0.3) is 0 Å². The molecule has 3 aromatic rings. The zero-order valence-electron chi connectivity index (χ0n) is 13.1. The van der Waals surface area contributed by atoms with Gasteiger partial charge in [0.05, 0.1) is 11.3 Å². The lowest BCUT2D eigenvalue weighted by Crippen LogP contribution is -2.14. The zero-order valence-corrected chi connectivity index (χ0v) is 15.5. The third kappa shape index (κ3) is 4.32. The number of rotatable bonds is 5. The Hall–Kier alpha value is -2.60. The van der Waals surface area contributed by atoms with E-state index in [9.17, 15) is 8.42 Å². The van der Waals surface area contributed by atoms with E-state index in [1.54, 1.807) is 18.3 Å². The Morgan fingerprint density at radius 3 is 2.58 bits per heavy atom. The summed E-state index contributed by atoms with van der Waals surface area (Å²) < 4.78 is 27.7. The molecular formula is C17H11ClN4O2S2. The minimum atomic E-state index is -3.98. The molecule has 9 heteroatoms. The van der Waals surface area contributed by atoms with Crippen molar-refractivity contribution in [2.24, 2.45) is 0 Å². The summed E-state index contributed by atoms with van der Waals surface area (Å²) in [4.78, 5) is 8.21. The molecular weight excluding hydrogens is 392 g/mol. The first-order valence-corrected chi connectivity index (χ1v) is 9.93. The van der Waals surface area contributed by atoms with Crippen molar-refractivity contribution < 1.29 is 8.42 Å². The lowest BCUT2D eigenvalue weighted by atomic mass is 10.2. The fourth-order valence-electron chi connectivity index (χ4n) is 2.06. The fraction of sp³-hybridized carbons (Fsp3) is 0. The van der Waals surface area contributed by atoms with E-state index in [1.807, 2.05) is 18.2 Å². The van der Waals surface area contributed by atoms with Crippen molar-refractivity contribution in [2.45, 2.75) is 14.9 Å². The molecule has 26 heavy (non-hydrogen) atoms. The molecule has 0 saturated carbocycles. The smallest absolute Gasteiger partial charge is 0.263 e. The molecule has 0 aliphatic carbocycles. The van der Waals surface area contributed by atoms with Crippen molar-refractivity contribution >= 4 is 39.1 Å². The molecule has 0 fully saturated rings. The van der Waals surface area contributed by atoms with Crippen molar-refractivity contribution in [2.75, 3.05) is 4.72 Å². The van der Waals surface area contributed by atoms with Crippen LogP contribution in [-0.4, -0.2) is 18.4 Å². The SMILES string of the molecule is N#Cc1ccc(Cl)cc1S(=O)(=O)Nc1ccnc(Sc2ccccn2)c1. The van der Waals surface area contributed by atoms with Gasteiger partial charge in [-0.25, -0.2) is 18.4 Å². The van der Waals surface area contributed by atoms with E-state index in [4.69, 9.17) is 16.9 Å². The first-order valence-electron chi connectivity index (χ1n) is 7.25. The Morgan fingerprint density at radius 1 is 1.04 bits per heavy atom. The van der Waals surface area contributed by atoms with Crippen LogP contribution in [0, 0.1) is 11.3 Å². The van der Waals surface area contributed by atoms with Crippen LogP contribution in [0.5, 0.6) is 0 Å². The standard InChI is InChI=1S/C17H11ClN4O2S2/c18-13-5-4-12(11-19)15(9-13)26(23,24)22-14-6-8-21-17(10-14)25-16-3-1-2-7-20-16/h1-10H,(H,21,22). The van der Waals surface area contributed by atoms with Crippen molar-refractivity contribution in [3.63, 3.8) is 0 Å². The number of aromatic nitrogens is 2. The number of halogens is 1. The van der Waals surface area contributed by atoms with Crippen molar-refractivity contribution in [1.29, 1.82) is 5.26 Å². The molecule has 0 aliphatic heterocycles. The Bertz CT molecular complexity index is 1080. The van der Waals surface area contributed by atoms with Gasteiger partial charge in [0.25, 0.3) is 10.0 Å². The Labute approximate surface area is 159 Å². The molecule has 130 valence electrons. The number of hydrogen-bond acceptors (Lipinski definition) is 6. The van der Waals surface area contributed by atoms with E-state index in [2.05, 4.69) is 14.7 Å². The topological polar surface area (TPSA) is 95.7 Å². The molecule has 0 bridgehead atoms. The zero-order chi connectivity index (χ0) is 18.6. The Kier molecular flexibility index (Phi) is 5.42. The van der Waals surface area contributed by atoms with Gasteiger partial charge in [0.2, 0.25) is 0 Å². The van der Waals surface area contributed by atoms with Crippen molar-refractivity contribution in [1.82, 2.24) is 9.97 Å². The average Bonchev–Trinajstić information content (AvgIpc) is 2.62. The molecule has 1 aromatic carbocycles. The first-order chi connectivity index (χ1) is 12.5. The largest absolute Gasteiger partial charge is 0.279 e. The lowest BCUT2D eigenvalue weighted by molar-refractivity contribution is 0.601. The van der Waals surface area contributed by atoms with Crippen LogP contribution < -0.4 is 4.72 Å². The summed E-state index contributed by atoms with van der Waals surface area (Å²) in [5.74, 6) is 0. The van der Waals surface area contributed by atoms with Gasteiger partial charge in [-0.1, -0.05) is 29.4 Å². The summed E-state index contributed by atoms with van der Waals surface area (Å²) in [7, 11) is -3.98. The van der Waals surface area contributed by atoms with Gasteiger partial charge in [-0.05, 0) is 42.5 Å². The van der Waals surface area contributed by atoms with E-state index < -0.39 is 10.0 Å². The second-order valence-electron chi connectivity index (χ2n) is 5.01. The summed E-state index contributed by atoms with van der Waals surface area (Å²) in [5.41, 5.74) is 0.335. The average molecular weight is 403 g/mol. The van der Waals surface area contributed by atoms with Gasteiger partial charge in [0, 0.05) is 17.4 Å². The molecule has 0 radical (unpaired) electrons. The van der Waals surface area contributed by atoms with Gasteiger partial charge in [-0.3, -0.25) is 4.72 Å². The highest BCUT2D eigenvalue weighted by molar-refractivity contribution is 7.99. The second kappa shape index (κ2) is 7.74. The summed E-state index contributed by atoms with van der Waals surface area (Å²) in [6.45, 7) is 0. The highest BCUT2D eigenvalue weighted by atomic mass is 35.5. The van der Waals surface area contributed by atoms with Gasteiger partial charge in [0.15, 0.2) is 0 Å². The van der Waals surface area contributed by atoms with Gasteiger partial charge in [-0.2, -0.15) is 5.26 Å². The predicted octanol–water partition coefficient (Wildman–Crippen LogP) is 3.95. The third-order valence-electron chi connectivity index (χ3n) is 3.19. The monoisotopic (exact) mass is 402 g/mol. The quantitative estimate of drug-likeness (QED) is 0.694. The molecule has 2 heterocycles. The Morgan fingerprint density at radius 2 is 1.85 bits per heavy atom. The highest BCUT2D eigenvalue weighted by Crippen LogP contribution is 2.27. The van der Waals surface area contributed by atoms with Crippen LogP contribution in [-0.2, 0) is 10.0 Å². The normalized spacial score (nSPS) is 10.9. The maximum Gasteiger partial charge on any atom is 0.263 e. The third-order valence-corrected chi connectivity index (χ3v) is 5.73. The highest BCUT2D eigenvalue weighted by Gasteiger charge is 2.19. The molecule has 0 unspecified atom stereocenters. The molecule has 0 atom stereocenters. The number of nitrogens with one attached hydrogen (secondary N) is 1. The molecule has 0 spiro atoms. The maximum atomic E-state index is 12.6. The molecule has 3 rings (SSSR count).